The quantitative estimate of drug-likeness (QED) is 0.542. The Morgan fingerprint density at radius 1 is 1.15 bits per heavy atom. The van der Waals surface area contributed by atoms with Crippen molar-refractivity contribution in [2.24, 2.45) is 5.41 Å². The molecule has 2 aliphatic rings. The third kappa shape index (κ3) is 4.09. The Kier molecular flexibility index (Phi) is 5.11. The van der Waals surface area contributed by atoms with Gasteiger partial charge in [0, 0.05) is 12.1 Å². The lowest BCUT2D eigenvalue weighted by molar-refractivity contribution is -0.123. The highest BCUT2D eigenvalue weighted by Gasteiger charge is 2.36. The lowest BCUT2D eigenvalue weighted by Gasteiger charge is -2.25. The molecule has 26 heavy (non-hydrogen) atoms. The molecule has 3 rings (SSSR count). The van der Waals surface area contributed by atoms with Crippen molar-refractivity contribution in [3.8, 4) is 11.5 Å². The molecule has 2 atom stereocenters. The molecule has 0 aromatic heterocycles. The first-order chi connectivity index (χ1) is 12.2. The van der Waals surface area contributed by atoms with Crippen LogP contribution < -0.4 is 30.6 Å². The summed E-state index contributed by atoms with van der Waals surface area (Å²) in [6, 6.07) is 3.87. The van der Waals surface area contributed by atoms with E-state index in [1.54, 1.807) is 0 Å². The molecule has 0 saturated carbocycles. The van der Waals surface area contributed by atoms with Crippen molar-refractivity contribution in [3.05, 3.63) is 18.2 Å². The third-order valence-corrected chi connectivity index (χ3v) is 5.64. The fraction of sp³-hybridized carbons (Fsp3) is 0.562. The molecule has 2 aliphatic heterocycles. The molecule has 1 aromatic rings. The molecule has 4 N–H and O–H groups in total. The first kappa shape index (κ1) is 18.9. The van der Waals surface area contributed by atoms with Crippen molar-refractivity contribution in [3.63, 3.8) is 0 Å². The van der Waals surface area contributed by atoms with E-state index in [1.807, 2.05) is 0 Å². The van der Waals surface area contributed by atoms with Crippen LogP contribution in [0.15, 0.2) is 23.1 Å². The molecular weight excluding hydrogens is 360 g/mol. The molecule has 1 amide bonds. The summed E-state index contributed by atoms with van der Waals surface area (Å²) < 4.78 is 35.6. The fourth-order valence-corrected chi connectivity index (χ4v) is 3.61. The largest absolute Gasteiger partial charge is 0.486 e. The molecule has 1 fully saturated rings. The van der Waals surface area contributed by atoms with E-state index in [2.05, 4.69) is 41.9 Å². The minimum absolute atomic E-state index is 0.0211. The number of carbonyl (C=O) groups excluding carboxylic acids is 1. The maximum Gasteiger partial charge on any atom is 0.257 e. The van der Waals surface area contributed by atoms with Gasteiger partial charge in [0.2, 0.25) is 0 Å². The number of hydrazine groups is 2. The van der Waals surface area contributed by atoms with Crippen LogP contribution in [-0.4, -0.2) is 39.6 Å². The Morgan fingerprint density at radius 3 is 2.50 bits per heavy atom. The van der Waals surface area contributed by atoms with Gasteiger partial charge in [0.15, 0.2) is 11.5 Å². The summed E-state index contributed by atoms with van der Waals surface area (Å²) in [5.41, 5.74) is 8.21. The molecule has 2 unspecified atom stereocenters. The van der Waals surface area contributed by atoms with Crippen molar-refractivity contribution in [1.82, 2.24) is 21.1 Å². The highest BCUT2D eigenvalue weighted by molar-refractivity contribution is 7.89. The molecule has 10 heteroatoms. The van der Waals surface area contributed by atoms with Crippen LogP contribution in [0.1, 0.15) is 27.2 Å². The smallest absolute Gasteiger partial charge is 0.257 e. The van der Waals surface area contributed by atoms with Gasteiger partial charge in [-0.05, 0) is 24.0 Å². The van der Waals surface area contributed by atoms with Crippen molar-refractivity contribution in [2.75, 3.05) is 13.2 Å². The highest BCUT2D eigenvalue weighted by atomic mass is 32.2. The van der Waals surface area contributed by atoms with Crippen LogP contribution >= 0.6 is 0 Å². The number of carbonyl (C=O) groups is 1. The van der Waals surface area contributed by atoms with E-state index in [9.17, 15) is 13.2 Å². The number of rotatable bonds is 4. The van der Waals surface area contributed by atoms with E-state index in [-0.39, 0.29) is 16.4 Å². The average Bonchev–Trinajstić information content (AvgIpc) is 3.10. The second-order valence-corrected chi connectivity index (χ2v) is 9.08. The van der Waals surface area contributed by atoms with Gasteiger partial charge in [0.1, 0.15) is 19.3 Å². The maximum atomic E-state index is 12.4. The summed E-state index contributed by atoms with van der Waals surface area (Å²) in [7, 11) is -3.93. The summed E-state index contributed by atoms with van der Waals surface area (Å²) in [6.45, 7) is 6.98. The first-order valence-corrected chi connectivity index (χ1v) is 9.87. The van der Waals surface area contributed by atoms with Crippen molar-refractivity contribution < 1.29 is 22.7 Å². The number of amides is 1. The topological polar surface area (TPSA) is 118 Å². The zero-order valence-electron chi connectivity index (χ0n) is 15.0. The molecule has 2 heterocycles. The Morgan fingerprint density at radius 2 is 1.85 bits per heavy atom. The normalized spacial score (nSPS) is 22.9. The van der Waals surface area contributed by atoms with Gasteiger partial charge in [-0.15, -0.1) is 4.83 Å². The van der Waals surface area contributed by atoms with Gasteiger partial charge in [-0.25, -0.2) is 13.8 Å². The standard InChI is InChI=1S/C16H24N4O5S/c1-16(2,3)14-9-11(17-18-14)15(21)19-20-26(22,23)10-4-5-12-13(8-10)25-7-6-24-12/h4-5,8,11,14,17-18,20H,6-7,9H2,1-3H3,(H,19,21). The van der Waals surface area contributed by atoms with Gasteiger partial charge in [0.05, 0.1) is 4.90 Å². The van der Waals surface area contributed by atoms with E-state index >= 15 is 0 Å². The van der Waals surface area contributed by atoms with Crippen molar-refractivity contribution >= 4 is 15.9 Å². The second-order valence-electron chi connectivity index (χ2n) is 7.40. The molecular formula is C16H24N4O5S. The van der Waals surface area contributed by atoms with Crippen LogP contribution in [0.2, 0.25) is 0 Å². The van der Waals surface area contributed by atoms with Crippen molar-refractivity contribution in [1.29, 1.82) is 0 Å². The summed E-state index contributed by atoms with van der Waals surface area (Å²) >= 11 is 0. The fourth-order valence-electron chi connectivity index (χ4n) is 2.75. The molecule has 0 spiro atoms. The van der Waals surface area contributed by atoms with Gasteiger partial charge >= 0.3 is 0 Å². The number of sulfonamides is 1. The molecule has 9 nitrogen and oxygen atoms in total. The van der Waals surface area contributed by atoms with Gasteiger partial charge in [0.25, 0.3) is 15.9 Å². The predicted molar refractivity (Wildman–Crippen MR) is 93.8 cm³/mol. The Balaban J connectivity index is 1.61. The molecule has 1 saturated heterocycles. The van der Waals surface area contributed by atoms with Crippen LogP contribution in [0, 0.1) is 5.41 Å². The number of hydrogen-bond acceptors (Lipinski definition) is 7. The summed E-state index contributed by atoms with van der Waals surface area (Å²) in [5, 5.41) is 0. The molecule has 0 radical (unpaired) electrons. The SMILES string of the molecule is CC(C)(C)C1CC(C(=O)NNS(=O)(=O)c2ccc3c(c2)OCCO3)NN1. The zero-order valence-corrected chi connectivity index (χ0v) is 15.8. The third-order valence-electron chi connectivity index (χ3n) is 4.40. The Labute approximate surface area is 152 Å². The second kappa shape index (κ2) is 7.03. The molecule has 0 aliphatic carbocycles. The highest BCUT2D eigenvalue weighted by Crippen LogP contribution is 2.32. The monoisotopic (exact) mass is 384 g/mol. The lowest BCUT2D eigenvalue weighted by atomic mass is 9.84. The van der Waals surface area contributed by atoms with Gasteiger partial charge in [-0.2, -0.15) is 0 Å². The Hall–Kier alpha value is -1.88. The van der Waals surface area contributed by atoms with Gasteiger partial charge < -0.3 is 9.47 Å². The molecule has 144 valence electrons. The van der Waals surface area contributed by atoms with E-state index in [1.165, 1.54) is 18.2 Å². The number of nitrogens with one attached hydrogen (secondary N) is 4. The van der Waals surface area contributed by atoms with Crippen LogP contribution in [0.4, 0.5) is 0 Å². The van der Waals surface area contributed by atoms with E-state index < -0.39 is 22.0 Å². The van der Waals surface area contributed by atoms with Crippen LogP contribution in [0.25, 0.3) is 0 Å². The van der Waals surface area contributed by atoms with E-state index in [0.29, 0.717) is 31.1 Å². The van der Waals surface area contributed by atoms with Gasteiger partial charge in [-0.3, -0.25) is 15.6 Å². The number of hydrogen-bond donors (Lipinski definition) is 4. The van der Waals surface area contributed by atoms with E-state index in [4.69, 9.17) is 9.47 Å². The van der Waals surface area contributed by atoms with Crippen molar-refractivity contribution in [2.45, 2.75) is 44.2 Å². The summed E-state index contributed by atoms with van der Waals surface area (Å²) in [4.78, 5) is 14.3. The summed E-state index contributed by atoms with van der Waals surface area (Å²) in [6.07, 6.45) is 0.557. The molecule has 0 bridgehead atoms. The van der Waals surface area contributed by atoms with Gasteiger partial charge in [-0.1, -0.05) is 20.8 Å². The predicted octanol–water partition coefficient (Wildman–Crippen LogP) is 0.0485. The van der Waals surface area contributed by atoms with Crippen LogP contribution in [0.5, 0.6) is 11.5 Å². The minimum Gasteiger partial charge on any atom is -0.486 e. The zero-order chi connectivity index (χ0) is 18.9. The van der Waals surface area contributed by atoms with Crippen LogP contribution in [-0.2, 0) is 14.8 Å². The molecule has 1 aromatic carbocycles. The van der Waals surface area contributed by atoms with Crippen LogP contribution in [0.3, 0.4) is 0 Å². The number of fused-ring (bicyclic) bond motifs is 1. The van der Waals surface area contributed by atoms with E-state index in [0.717, 1.165) is 0 Å². The number of benzene rings is 1. The first-order valence-electron chi connectivity index (χ1n) is 8.39. The Bertz CT molecular complexity index is 790. The maximum absolute atomic E-state index is 12.4. The minimum atomic E-state index is -3.93. The average molecular weight is 384 g/mol. The summed E-state index contributed by atoms with van der Waals surface area (Å²) in [5.74, 6) is 0.402. The number of ether oxygens (including phenoxy) is 2. The lowest BCUT2D eigenvalue weighted by Crippen LogP contribution is -2.50.